The van der Waals surface area contributed by atoms with Crippen molar-refractivity contribution in [1.29, 1.82) is 0 Å². The number of halogens is 1. The Balaban J connectivity index is 1.74. The number of anilines is 1. The molecule has 5 rings (SSSR count). The first kappa shape index (κ1) is 21.3. The fraction of sp³-hybridized carbons (Fsp3) is 0.385. The van der Waals surface area contributed by atoms with Crippen LogP contribution >= 0.6 is 15.9 Å². The Morgan fingerprint density at radius 2 is 1.91 bits per heavy atom. The molecule has 32 heavy (non-hydrogen) atoms. The van der Waals surface area contributed by atoms with Crippen molar-refractivity contribution < 1.29 is 14.4 Å². The summed E-state index contributed by atoms with van der Waals surface area (Å²) in [5.74, 6) is -0.159. The molecule has 0 radical (unpaired) electrons. The van der Waals surface area contributed by atoms with Gasteiger partial charge in [0.15, 0.2) is 0 Å². The lowest BCUT2D eigenvalue weighted by Gasteiger charge is -2.51. The van der Waals surface area contributed by atoms with E-state index in [1.54, 1.807) is 0 Å². The van der Waals surface area contributed by atoms with Gasteiger partial charge in [0.05, 0.1) is 17.2 Å². The minimum atomic E-state index is -0.686. The van der Waals surface area contributed by atoms with Crippen LogP contribution in [0.5, 0.6) is 0 Å². The van der Waals surface area contributed by atoms with Gasteiger partial charge >= 0.3 is 5.97 Å². The Kier molecular flexibility index (Phi) is 5.16. The minimum Gasteiger partial charge on any atom is -0.481 e. The van der Waals surface area contributed by atoms with Gasteiger partial charge in [0, 0.05) is 27.6 Å². The highest BCUT2D eigenvalue weighted by atomic mass is 79.9. The van der Waals surface area contributed by atoms with Gasteiger partial charge in [-0.15, -0.1) is 0 Å². The van der Waals surface area contributed by atoms with Crippen LogP contribution in [0.25, 0.3) is 0 Å². The number of aromatic nitrogens is 1. The van der Waals surface area contributed by atoms with Gasteiger partial charge in [-0.1, -0.05) is 51.4 Å². The number of hydrogen-bond acceptors (Lipinski definition) is 4. The lowest BCUT2D eigenvalue weighted by molar-refractivity contribution is -0.143. The van der Waals surface area contributed by atoms with Gasteiger partial charge < -0.3 is 14.9 Å². The molecule has 1 unspecified atom stereocenters. The van der Waals surface area contributed by atoms with Crippen LogP contribution in [0.4, 0.5) is 5.69 Å². The van der Waals surface area contributed by atoms with E-state index in [-0.39, 0.29) is 11.3 Å². The van der Waals surface area contributed by atoms with E-state index in [1.165, 1.54) is 11.1 Å². The second-order valence-corrected chi connectivity index (χ2v) is 10.2. The fourth-order valence-electron chi connectivity index (χ4n) is 6.34. The average molecular weight is 495 g/mol. The van der Waals surface area contributed by atoms with Crippen LogP contribution in [0.3, 0.4) is 0 Å². The van der Waals surface area contributed by atoms with Crippen LogP contribution in [0.15, 0.2) is 57.5 Å². The summed E-state index contributed by atoms with van der Waals surface area (Å²) in [5.41, 5.74) is 4.91. The van der Waals surface area contributed by atoms with Gasteiger partial charge in [-0.25, -0.2) is 0 Å². The summed E-state index contributed by atoms with van der Waals surface area (Å²) in [5, 5.41) is 18.0. The van der Waals surface area contributed by atoms with Gasteiger partial charge in [-0.2, -0.15) is 0 Å². The summed E-state index contributed by atoms with van der Waals surface area (Å²) in [7, 11) is 0. The van der Waals surface area contributed by atoms with Crippen molar-refractivity contribution >= 4 is 27.6 Å². The molecule has 6 heteroatoms. The molecule has 0 saturated heterocycles. The highest BCUT2D eigenvalue weighted by Gasteiger charge is 2.61. The largest absolute Gasteiger partial charge is 0.481 e. The van der Waals surface area contributed by atoms with Crippen molar-refractivity contribution in [3.8, 4) is 0 Å². The number of rotatable bonds is 4. The Labute approximate surface area is 196 Å². The SMILES string of the molecule is Cc1noc(C)c1C1(Nc2cccc(Br)c2)Cc2ccccc2C12CCC(C(=O)O)CC2. The Bertz CT molecular complexity index is 1160. The van der Waals surface area contributed by atoms with E-state index in [9.17, 15) is 9.90 Å². The third-order valence-corrected chi connectivity index (χ3v) is 8.13. The molecule has 1 atom stereocenters. The maximum Gasteiger partial charge on any atom is 0.306 e. The number of aryl methyl sites for hydroxylation is 2. The number of aliphatic carboxylic acids is 1. The summed E-state index contributed by atoms with van der Waals surface area (Å²) >= 11 is 3.61. The fourth-order valence-corrected chi connectivity index (χ4v) is 6.74. The Morgan fingerprint density at radius 1 is 1.16 bits per heavy atom. The molecule has 3 aromatic rings. The zero-order valence-electron chi connectivity index (χ0n) is 18.3. The molecular weight excluding hydrogens is 468 g/mol. The maximum atomic E-state index is 11.8. The topological polar surface area (TPSA) is 75.4 Å². The molecule has 1 saturated carbocycles. The van der Waals surface area contributed by atoms with Crippen LogP contribution in [0.2, 0.25) is 0 Å². The standard InChI is InChI=1S/C26H27BrN2O3/c1-16-23(17(2)32-29-16)26(28-21-8-5-7-20(27)14-21)15-19-6-3-4-9-22(19)25(26)12-10-18(11-13-25)24(30)31/h3-9,14,18,28H,10-13,15H2,1-2H3,(H,30,31). The number of fused-ring (bicyclic) bond motifs is 2. The van der Waals surface area contributed by atoms with Crippen molar-refractivity contribution in [2.75, 3.05) is 5.32 Å². The monoisotopic (exact) mass is 494 g/mol. The molecule has 0 bridgehead atoms. The van der Waals surface area contributed by atoms with Crippen molar-refractivity contribution in [3.63, 3.8) is 0 Å². The van der Waals surface area contributed by atoms with E-state index < -0.39 is 11.5 Å². The molecule has 0 amide bonds. The van der Waals surface area contributed by atoms with E-state index in [2.05, 4.69) is 62.8 Å². The number of benzene rings is 2. The predicted molar refractivity (Wildman–Crippen MR) is 127 cm³/mol. The van der Waals surface area contributed by atoms with E-state index in [0.717, 1.165) is 46.4 Å². The second-order valence-electron chi connectivity index (χ2n) is 9.27. The highest BCUT2D eigenvalue weighted by molar-refractivity contribution is 9.10. The first-order valence-corrected chi connectivity index (χ1v) is 11.9. The van der Waals surface area contributed by atoms with Crippen LogP contribution < -0.4 is 5.32 Å². The van der Waals surface area contributed by atoms with Gasteiger partial charge in [0.1, 0.15) is 5.76 Å². The summed E-state index contributed by atoms with van der Waals surface area (Å²) in [6.07, 6.45) is 3.72. The molecule has 2 aliphatic rings. The number of nitrogens with one attached hydrogen (secondary N) is 1. The van der Waals surface area contributed by atoms with Crippen molar-refractivity contribution in [3.05, 3.63) is 81.1 Å². The maximum absolute atomic E-state index is 11.8. The van der Waals surface area contributed by atoms with Gasteiger partial charge in [0.2, 0.25) is 0 Å². The Morgan fingerprint density at radius 3 is 2.56 bits per heavy atom. The lowest BCUT2D eigenvalue weighted by atomic mass is 9.57. The highest BCUT2D eigenvalue weighted by Crippen LogP contribution is 2.61. The smallest absolute Gasteiger partial charge is 0.306 e. The lowest BCUT2D eigenvalue weighted by Crippen LogP contribution is -2.54. The molecule has 2 N–H and O–H groups in total. The third-order valence-electron chi connectivity index (χ3n) is 7.64. The first-order valence-electron chi connectivity index (χ1n) is 11.1. The van der Waals surface area contributed by atoms with Crippen LogP contribution in [-0.2, 0) is 22.2 Å². The third kappa shape index (κ3) is 3.11. The van der Waals surface area contributed by atoms with E-state index in [1.807, 2.05) is 26.0 Å². The van der Waals surface area contributed by atoms with Crippen LogP contribution in [0, 0.1) is 19.8 Å². The molecule has 1 heterocycles. The second kappa shape index (κ2) is 7.77. The zero-order chi connectivity index (χ0) is 22.5. The molecule has 0 aliphatic heterocycles. The van der Waals surface area contributed by atoms with Crippen molar-refractivity contribution in [2.24, 2.45) is 5.92 Å². The number of hydrogen-bond donors (Lipinski definition) is 2. The molecule has 2 aliphatic carbocycles. The minimum absolute atomic E-state index is 0.251. The van der Waals surface area contributed by atoms with Crippen LogP contribution in [-0.4, -0.2) is 16.2 Å². The molecular formula is C26H27BrN2O3. The van der Waals surface area contributed by atoms with E-state index >= 15 is 0 Å². The van der Waals surface area contributed by atoms with E-state index in [4.69, 9.17) is 4.52 Å². The molecule has 1 aromatic heterocycles. The number of nitrogens with zero attached hydrogens (tertiary/aromatic N) is 1. The quantitative estimate of drug-likeness (QED) is 0.456. The summed E-state index contributed by atoms with van der Waals surface area (Å²) in [4.78, 5) is 11.8. The summed E-state index contributed by atoms with van der Waals surface area (Å²) in [6, 6.07) is 16.9. The normalized spacial score (nSPS) is 26.8. The average Bonchev–Trinajstić information content (AvgIpc) is 3.23. The predicted octanol–water partition coefficient (Wildman–Crippen LogP) is 6.13. The zero-order valence-corrected chi connectivity index (χ0v) is 19.9. The molecule has 1 fully saturated rings. The Hall–Kier alpha value is -2.60. The number of carboxylic acids is 1. The van der Waals surface area contributed by atoms with Crippen LogP contribution in [0.1, 0.15) is 53.8 Å². The molecule has 166 valence electrons. The number of carbonyl (C=O) groups is 1. The van der Waals surface area contributed by atoms with Crippen molar-refractivity contribution in [2.45, 2.75) is 56.9 Å². The first-order chi connectivity index (χ1) is 15.4. The van der Waals surface area contributed by atoms with Gasteiger partial charge in [-0.05, 0) is 68.9 Å². The van der Waals surface area contributed by atoms with Gasteiger partial charge in [0.25, 0.3) is 0 Å². The van der Waals surface area contributed by atoms with E-state index in [0.29, 0.717) is 12.8 Å². The number of carboxylic acid groups (broad SMARTS) is 1. The van der Waals surface area contributed by atoms with Gasteiger partial charge in [-0.3, -0.25) is 4.79 Å². The summed E-state index contributed by atoms with van der Waals surface area (Å²) in [6.45, 7) is 4.00. The molecule has 1 spiro atoms. The summed E-state index contributed by atoms with van der Waals surface area (Å²) < 4.78 is 6.70. The molecule has 5 nitrogen and oxygen atoms in total. The molecule has 2 aromatic carbocycles. The van der Waals surface area contributed by atoms with Crippen molar-refractivity contribution in [1.82, 2.24) is 5.16 Å².